The van der Waals surface area contributed by atoms with Crippen molar-refractivity contribution in [1.82, 2.24) is 20.4 Å². The maximum Gasteiger partial charge on any atom is 0.322 e. The van der Waals surface area contributed by atoms with Gasteiger partial charge in [-0.25, -0.2) is 4.79 Å². The Kier molecular flexibility index (Phi) is 4.06. The molecule has 3 heterocycles. The molecule has 124 valence electrons. The lowest BCUT2D eigenvalue weighted by Gasteiger charge is -2.36. The van der Waals surface area contributed by atoms with Crippen molar-refractivity contribution in [2.75, 3.05) is 37.4 Å². The zero-order chi connectivity index (χ0) is 16.6. The van der Waals surface area contributed by atoms with Crippen molar-refractivity contribution in [3.8, 4) is 0 Å². The molecule has 0 unspecified atom stereocenters. The fourth-order valence-electron chi connectivity index (χ4n) is 3.30. The number of aryl methyl sites for hydroxylation is 1. The highest BCUT2D eigenvalue weighted by atomic mass is 16.2. The first kappa shape index (κ1) is 15.5. The number of hydrogen-bond donors (Lipinski definition) is 2. The first-order valence-corrected chi connectivity index (χ1v) is 7.84. The molecule has 0 aliphatic carbocycles. The highest BCUT2D eigenvalue weighted by Gasteiger charge is 2.42. The molecule has 2 saturated heterocycles. The van der Waals surface area contributed by atoms with Crippen LogP contribution in [0.5, 0.6) is 0 Å². The lowest BCUT2D eigenvalue weighted by molar-refractivity contribution is -0.123. The Morgan fingerprint density at radius 3 is 2.96 bits per heavy atom. The molecule has 2 fully saturated rings. The highest BCUT2D eigenvalue weighted by Crippen LogP contribution is 2.29. The number of amides is 3. The lowest BCUT2D eigenvalue weighted by Crippen LogP contribution is -2.50. The van der Waals surface area contributed by atoms with E-state index in [0.717, 1.165) is 18.5 Å². The largest absolute Gasteiger partial charge is 0.360 e. The van der Waals surface area contributed by atoms with Crippen molar-refractivity contribution in [3.05, 3.63) is 11.8 Å². The fraction of sp³-hybridized carbons (Fsp3) is 0.600. The Morgan fingerprint density at radius 2 is 2.22 bits per heavy atom. The molecule has 2 N–H and O–H groups in total. The standard InChI is InChI=1S/C15H22N6O2/c1-9-7-11(13(19-18-9)20(2)3)17-15(23)21-6-4-5-10-12(21)8-16-14(10)22/h7,10,12H,4-6,8H2,1-3H3,(H,16,22)(H,17,18,23)/t10-,12-/m1/s1. The van der Waals surface area contributed by atoms with E-state index < -0.39 is 0 Å². The third-order valence-electron chi connectivity index (χ3n) is 4.42. The summed E-state index contributed by atoms with van der Waals surface area (Å²) in [5.41, 5.74) is 1.37. The van der Waals surface area contributed by atoms with Crippen molar-refractivity contribution in [2.45, 2.75) is 25.8 Å². The van der Waals surface area contributed by atoms with Gasteiger partial charge in [-0.2, -0.15) is 5.10 Å². The van der Waals surface area contributed by atoms with E-state index in [-0.39, 0.29) is 23.9 Å². The van der Waals surface area contributed by atoms with Crippen molar-refractivity contribution in [3.63, 3.8) is 0 Å². The number of urea groups is 1. The van der Waals surface area contributed by atoms with Gasteiger partial charge in [0.25, 0.3) is 0 Å². The number of aromatic nitrogens is 2. The van der Waals surface area contributed by atoms with Crippen LogP contribution in [-0.4, -0.2) is 60.3 Å². The van der Waals surface area contributed by atoms with Crippen molar-refractivity contribution in [2.24, 2.45) is 5.92 Å². The number of nitrogens with one attached hydrogen (secondary N) is 2. The molecule has 0 radical (unpaired) electrons. The van der Waals surface area contributed by atoms with Crippen molar-refractivity contribution < 1.29 is 9.59 Å². The summed E-state index contributed by atoms with van der Waals surface area (Å²) < 4.78 is 0. The van der Waals surface area contributed by atoms with Crippen molar-refractivity contribution in [1.29, 1.82) is 0 Å². The average Bonchev–Trinajstić information content (AvgIpc) is 2.88. The summed E-state index contributed by atoms with van der Waals surface area (Å²) >= 11 is 0. The molecule has 3 rings (SSSR count). The Labute approximate surface area is 135 Å². The van der Waals surface area contributed by atoms with Crippen LogP contribution in [0.3, 0.4) is 0 Å². The second kappa shape index (κ2) is 6.02. The molecular weight excluding hydrogens is 296 g/mol. The average molecular weight is 318 g/mol. The van der Waals surface area contributed by atoms with Gasteiger partial charge >= 0.3 is 6.03 Å². The summed E-state index contributed by atoms with van der Waals surface area (Å²) in [6.45, 7) is 3.03. The van der Waals surface area contributed by atoms with Gasteiger partial charge in [-0.1, -0.05) is 0 Å². The molecule has 0 aromatic carbocycles. The molecule has 2 aliphatic rings. The predicted octanol–water partition coefficient (Wildman–Crippen LogP) is 0.593. The highest BCUT2D eigenvalue weighted by molar-refractivity contribution is 5.93. The number of fused-ring (bicyclic) bond motifs is 1. The molecular formula is C15H22N6O2. The molecule has 2 atom stereocenters. The second-order valence-electron chi connectivity index (χ2n) is 6.30. The molecule has 23 heavy (non-hydrogen) atoms. The van der Waals surface area contributed by atoms with Gasteiger partial charge in [0.05, 0.1) is 23.3 Å². The van der Waals surface area contributed by atoms with Crippen LogP contribution in [0.4, 0.5) is 16.3 Å². The first-order chi connectivity index (χ1) is 11.0. The quantitative estimate of drug-likeness (QED) is 0.833. The summed E-state index contributed by atoms with van der Waals surface area (Å²) in [5, 5.41) is 14.0. The van der Waals surface area contributed by atoms with Crippen LogP contribution < -0.4 is 15.5 Å². The number of piperidine rings is 1. The van der Waals surface area contributed by atoms with Gasteiger partial charge in [0.15, 0.2) is 5.82 Å². The molecule has 8 nitrogen and oxygen atoms in total. The number of carbonyl (C=O) groups is 2. The molecule has 0 spiro atoms. The minimum Gasteiger partial charge on any atom is -0.360 e. The van der Waals surface area contributed by atoms with Gasteiger partial charge in [0.1, 0.15) is 0 Å². The smallest absolute Gasteiger partial charge is 0.322 e. The molecule has 2 aliphatic heterocycles. The van der Waals surface area contributed by atoms with Crippen LogP contribution >= 0.6 is 0 Å². The van der Waals surface area contributed by atoms with E-state index in [1.54, 1.807) is 11.0 Å². The second-order valence-corrected chi connectivity index (χ2v) is 6.30. The molecule has 0 bridgehead atoms. The minimum absolute atomic E-state index is 0.0582. The Morgan fingerprint density at radius 1 is 1.43 bits per heavy atom. The summed E-state index contributed by atoms with van der Waals surface area (Å²) in [6, 6.07) is 1.56. The SMILES string of the molecule is Cc1cc(NC(=O)N2CCC[C@H]3C(=O)NC[C@H]32)c(N(C)C)nn1. The lowest BCUT2D eigenvalue weighted by atomic mass is 9.92. The first-order valence-electron chi connectivity index (χ1n) is 7.84. The summed E-state index contributed by atoms with van der Waals surface area (Å²) in [4.78, 5) is 28.1. The summed E-state index contributed by atoms with van der Waals surface area (Å²) in [5.74, 6) is 0.584. The zero-order valence-electron chi connectivity index (χ0n) is 13.7. The van der Waals surface area contributed by atoms with E-state index in [4.69, 9.17) is 0 Å². The Hall–Kier alpha value is -2.38. The molecule has 3 amide bonds. The number of anilines is 2. The van der Waals surface area contributed by atoms with Gasteiger partial charge < -0.3 is 20.4 Å². The third-order valence-corrected chi connectivity index (χ3v) is 4.42. The summed E-state index contributed by atoms with van der Waals surface area (Å²) in [6.07, 6.45) is 1.69. The third kappa shape index (κ3) is 2.93. The molecule has 8 heteroatoms. The van der Waals surface area contributed by atoms with E-state index in [2.05, 4.69) is 20.8 Å². The van der Waals surface area contributed by atoms with Crippen LogP contribution in [0.1, 0.15) is 18.5 Å². The van der Waals surface area contributed by atoms with E-state index in [1.807, 2.05) is 25.9 Å². The van der Waals surface area contributed by atoms with E-state index in [9.17, 15) is 9.59 Å². The number of nitrogens with zero attached hydrogens (tertiary/aromatic N) is 4. The van der Waals surface area contributed by atoms with Crippen LogP contribution in [-0.2, 0) is 4.79 Å². The zero-order valence-corrected chi connectivity index (χ0v) is 13.7. The fourth-order valence-corrected chi connectivity index (χ4v) is 3.30. The monoisotopic (exact) mass is 318 g/mol. The van der Waals surface area contributed by atoms with Gasteiger partial charge in [-0.15, -0.1) is 5.10 Å². The maximum absolute atomic E-state index is 12.7. The van der Waals surface area contributed by atoms with E-state index in [0.29, 0.717) is 24.6 Å². The van der Waals surface area contributed by atoms with Gasteiger partial charge in [0, 0.05) is 27.2 Å². The Bertz CT molecular complexity index is 632. The van der Waals surface area contributed by atoms with Gasteiger partial charge in [-0.3, -0.25) is 4.79 Å². The number of hydrogen-bond acceptors (Lipinski definition) is 5. The summed E-state index contributed by atoms with van der Waals surface area (Å²) in [7, 11) is 3.71. The number of rotatable bonds is 2. The normalized spacial score (nSPS) is 23.3. The molecule has 1 aromatic heterocycles. The van der Waals surface area contributed by atoms with Gasteiger partial charge in [-0.05, 0) is 25.8 Å². The Balaban J connectivity index is 1.79. The van der Waals surface area contributed by atoms with Crippen LogP contribution in [0, 0.1) is 12.8 Å². The van der Waals surface area contributed by atoms with Crippen molar-refractivity contribution >= 4 is 23.4 Å². The molecule has 1 aromatic rings. The van der Waals surface area contributed by atoms with E-state index >= 15 is 0 Å². The molecule has 0 saturated carbocycles. The van der Waals surface area contributed by atoms with E-state index in [1.165, 1.54) is 0 Å². The van der Waals surface area contributed by atoms with Crippen LogP contribution in [0.2, 0.25) is 0 Å². The minimum atomic E-state index is -0.188. The number of carbonyl (C=O) groups excluding carboxylic acids is 2. The van der Waals surface area contributed by atoms with Crippen LogP contribution in [0.15, 0.2) is 6.07 Å². The maximum atomic E-state index is 12.7. The predicted molar refractivity (Wildman–Crippen MR) is 86.3 cm³/mol. The number of likely N-dealkylation sites (tertiary alicyclic amines) is 1. The topological polar surface area (TPSA) is 90.5 Å². The van der Waals surface area contributed by atoms with Gasteiger partial charge in [0.2, 0.25) is 5.91 Å². The van der Waals surface area contributed by atoms with Crippen LogP contribution in [0.25, 0.3) is 0 Å².